The van der Waals surface area contributed by atoms with Crippen LogP contribution in [-0.4, -0.2) is 23.0 Å². The third kappa shape index (κ3) is 3.01. The number of furan rings is 1. The Labute approximate surface area is 124 Å². The summed E-state index contributed by atoms with van der Waals surface area (Å²) < 4.78 is 6.22. The Kier molecular flexibility index (Phi) is 4.44. The summed E-state index contributed by atoms with van der Waals surface area (Å²) in [6, 6.07) is 6.16. The van der Waals surface area contributed by atoms with Gasteiger partial charge in [-0.3, -0.25) is 4.79 Å². The molecule has 0 aliphatic heterocycles. The molecule has 0 aliphatic rings. The van der Waals surface area contributed by atoms with E-state index in [-0.39, 0.29) is 5.76 Å². The summed E-state index contributed by atoms with van der Waals surface area (Å²) in [6.07, 6.45) is 1.05. The Balaban J connectivity index is 2.22. The summed E-state index contributed by atoms with van der Waals surface area (Å²) in [4.78, 5) is 23.1. The van der Waals surface area contributed by atoms with Crippen molar-refractivity contribution in [2.45, 2.75) is 25.8 Å². The molecular formula is C14H14BrNO4. The first-order valence-corrected chi connectivity index (χ1v) is 7.04. The molecule has 1 atom stereocenters. The average Bonchev–Trinajstić information content (AvgIpc) is 2.83. The van der Waals surface area contributed by atoms with Crippen LogP contribution in [0.1, 0.15) is 30.3 Å². The summed E-state index contributed by atoms with van der Waals surface area (Å²) in [6.45, 7) is 1.86. The smallest absolute Gasteiger partial charge is 0.326 e. The fourth-order valence-electron chi connectivity index (χ4n) is 1.91. The van der Waals surface area contributed by atoms with Crippen molar-refractivity contribution in [2.75, 3.05) is 0 Å². The highest BCUT2D eigenvalue weighted by Gasteiger charge is 2.22. The normalized spacial score (nSPS) is 12.3. The second-order valence-corrected chi connectivity index (χ2v) is 5.28. The van der Waals surface area contributed by atoms with E-state index in [1.165, 1.54) is 0 Å². The number of carboxylic acids is 1. The zero-order valence-corrected chi connectivity index (χ0v) is 12.4. The largest absolute Gasteiger partial charge is 0.480 e. The minimum absolute atomic E-state index is 0.106. The van der Waals surface area contributed by atoms with Crippen molar-refractivity contribution in [3.8, 4) is 0 Å². The van der Waals surface area contributed by atoms with Gasteiger partial charge in [-0.15, -0.1) is 0 Å². The van der Waals surface area contributed by atoms with Crippen LogP contribution in [0.5, 0.6) is 0 Å². The van der Waals surface area contributed by atoms with E-state index in [9.17, 15) is 9.59 Å². The van der Waals surface area contributed by atoms with Gasteiger partial charge in [0.15, 0.2) is 5.76 Å². The molecule has 1 aromatic heterocycles. The highest BCUT2D eigenvalue weighted by atomic mass is 79.9. The topological polar surface area (TPSA) is 79.5 Å². The van der Waals surface area contributed by atoms with Gasteiger partial charge in [0.2, 0.25) is 0 Å². The summed E-state index contributed by atoms with van der Waals surface area (Å²) >= 11 is 3.34. The number of aliphatic carboxylic acids is 1. The van der Waals surface area contributed by atoms with E-state index < -0.39 is 17.9 Å². The monoisotopic (exact) mass is 339 g/mol. The van der Waals surface area contributed by atoms with Crippen LogP contribution in [0.15, 0.2) is 33.2 Å². The van der Waals surface area contributed by atoms with Crippen molar-refractivity contribution in [1.29, 1.82) is 0 Å². The first-order valence-electron chi connectivity index (χ1n) is 6.24. The first-order chi connectivity index (χ1) is 9.52. The number of halogens is 1. The van der Waals surface area contributed by atoms with Gasteiger partial charge in [-0.25, -0.2) is 4.79 Å². The lowest BCUT2D eigenvalue weighted by molar-refractivity contribution is -0.139. The second kappa shape index (κ2) is 6.09. The lowest BCUT2D eigenvalue weighted by Gasteiger charge is -2.11. The molecule has 0 radical (unpaired) electrons. The molecule has 0 bridgehead atoms. The van der Waals surface area contributed by atoms with Crippen molar-refractivity contribution in [3.05, 3.63) is 34.5 Å². The lowest BCUT2D eigenvalue weighted by Crippen LogP contribution is -2.40. The number of para-hydroxylation sites is 1. The van der Waals surface area contributed by atoms with Crippen LogP contribution in [0.3, 0.4) is 0 Å². The predicted octanol–water partition coefficient (Wildman–Crippen LogP) is 3.18. The van der Waals surface area contributed by atoms with E-state index in [1.807, 2.05) is 25.1 Å². The van der Waals surface area contributed by atoms with Gasteiger partial charge >= 0.3 is 5.97 Å². The van der Waals surface area contributed by atoms with Gasteiger partial charge in [0, 0.05) is 5.39 Å². The molecule has 0 unspecified atom stereocenters. The fourth-order valence-corrected chi connectivity index (χ4v) is 2.38. The van der Waals surface area contributed by atoms with E-state index in [4.69, 9.17) is 9.52 Å². The molecule has 5 nitrogen and oxygen atoms in total. The number of nitrogens with one attached hydrogen (secondary N) is 1. The van der Waals surface area contributed by atoms with Crippen molar-refractivity contribution < 1.29 is 19.1 Å². The van der Waals surface area contributed by atoms with E-state index in [0.717, 1.165) is 9.86 Å². The zero-order valence-electron chi connectivity index (χ0n) is 10.9. The maximum Gasteiger partial charge on any atom is 0.326 e. The quantitative estimate of drug-likeness (QED) is 0.876. The van der Waals surface area contributed by atoms with Gasteiger partial charge in [-0.2, -0.15) is 0 Å². The number of fused-ring (bicyclic) bond motifs is 1. The predicted molar refractivity (Wildman–Crippen MR) is 77.7 cm³/mol. The Hall–Kier alpha value is -1.82. The number of hydrogen-bond acceptors (Lipinski definition) is 3. The number of carbonyl (C=O) groups is 2. The summed E-state index contributed by atoms with van der Waals surface area (Å²) in [5, 5.41) is 12.3. The van der Waals surface area contributed by atoms with Crippen LogP contribution in [0, 0.1) is 0 Å². The SMILES string of the molecule is CCC[C@H](NC(=O)c1cc2cccc(Br)c2o1)C(=O)O. The number of benzene rings is 1. The maximum atomic E-state index is 12.0. The molecule has 0 saturated carbocycles. The van der Waals surface area contributed by atoms with Crippen LogP contribution in [0.2, 0.25) is 0 Å². The van der Waals surface area contributed by atoms with Crippen molar-refractivity contribution in [1.82, 2.24) is 5.32 Å². The van der Waals surface area contributed by atoms with Gasteiger partial charge in [-0.05, 0) is 34.5 Å². The Morgan fingerprint density at radius 3 is 2.80 bits per heavy atom. The molecule has 1 aromatic carbocycles. The second-order valence-electron chi connectivity index (χ2n) is 4.42. The van der Waals surface area contributed by atoms with Gasteiger partial charge in [0.25, 0.3) is 5.91 Å². The van der Waals surface area contributed by atoms with Crippen molar-refractivity contribution in [2.24, 2.45) is 0 Å². The average molecular weight is 340 g/mol. The molecule has 0 saturated heterocycles. The van der Waals surface area contributed by atoms with E-state index in [1.54, 1.807) is 6.07 Å². The molecule has 1 heterocycles. The van der Waals surface area contributed by atoms with Gasteiger partial charge in [-0.1, -0.05) is 25.5 Å². The minimum atomic E-state index is -1.04. The van der Waals surface area contributed by atoms with E-state index >= 15 is 0 Å². The molecule has 6 heteroatoms. The lowest BCUT2D eigenvalue weighted by atomic mass is 10.1. The fraction of sp³-hybridized carbons (Fsp3) is 0.286. The van der Waals surface area contributed by atoms with Crippen LogP contribution in [-0.2, 0) is 4.79 Å². The minimum Gasteiger partial charge on any atom is -0.480 e. The first kappa shape index (κ1) is 14.6. The third-order valence-corrected chi connectivity index (χ3v) is 3.53. The van der Waals surface area contributed by atoms with Crippen LogP contribution >= 0.6 is 15.9 Å². The van der Waals surface area contributed by atoms with Gasteiger partial charge in [0.05, 0.1) is 4.47 Å². The number of hydrogen-bond donors (Lipinski definition) is 2. The molecule has 20 heavy (non-hydrogen) atoms. The van der Waals surface area contributed by atoms with Crippen LogP contribution < -0.4 is 5.32 Å². The molecule has 2 N–H and O–H groups in total. The van der Waals surface area contributed by atoms with E-state index in [2.05, 4.69) is 21.2 Å². The highest BCUT2D eigenvalue weighted by molar-refractivity contribution is 9.10. The summed E-state index contributed by atoms with van der Waals surface area (Å²) in [5.74, 6) is -1.46. The standard InChI is InChI=1S/C14H14BrNO4/c1-2-4-10(14(18)19)16-13(17)11-7-8-5-3-6-9(15)12(8)20-11/h3,5-7,10H,2,4H2,1H3,(H,16,17)(H,18,19)/t10-/m0/s1. The van der Waals surface area contributed by atoms with Crippen molar-refractivity contribution >= 4 is 38.8 Å². The molecular weight excluding hydrogens is 326 g/mol. The van der Waals surface area contributed by atoms with Crippen LogP contribution in [0.4, 0.5) is 0 Å². The number of carboxylic acid groups (broad SMARTS) is 1. The molecule has 0 fully saturated rings. The van der Waals surface area contributed by atoms with Gasteiger partial charge in [0.1, 0.15) is 11.6 Å². The Morgan fingerprint density at radius 1 is 1.45 bits per heavy atom. The molecule has 0 spiro atoms. The zero-order chi connectivity index (χ0) is 14.7. The molecule has 2 rings (SSSR count). The van der Waals surface area contributed by atoms with Crippen molar-refractivity contribution in [3.63, 3.8) is 0 Å². The number of carbonyl (C=O) groups excluding carboxylic acids is 1. The van der Waals surface area contributed by atoms with Gasteiger partial charge < -0.3 is 14.8 Å². The Bertz CT molecular complexity index is 650. The maximum absolute atomic E-state index is 12.0. The molecule has 2 aromatic rings. The molecule has 106 valence electrons. The summed E-state index contributed by atoms with van der Waals surface area (Å²) in [5.41, 5.74) is 0.569. The number of rotatable bonds is 5. The Morgan fingerprint density at radius 2 is 2.20 bits per heavy atom. The molecule has 1 amide bonds. The van der Waals surface area contributed by atoms with Crippen LogP contribution in [0.25, 0.3) is 11.0 Å². The highest BCUT2D eigenvalue weighted by Crippen LogP contribution is 2.26. The number of amides is 1. The third-order valence-electron chi connectivity index (χ3n) is 2.90. The summed E-state index contributed by atoms with van der Waals surface area (Å²) in [7, 11) is 0. The van der Waals surface area contributed by atoms with E-state index in [0.29, 0.717) is 18.4 Å². The molecule has 0 aliphatic carbocycles.